The van der Waals surface area contributed by atoms with E-state index in [9.17, 15) is 0 Å². The number of aromatic nitrogens is 3. The van der Waals surface area contributed by atoms with Crippen LogP contribution in [0.4, 0.5) is 17.8 Å². The summed E-state index contributed by atoms with van der Waals surface area (Å²) in [4.78, 5) is 16.8. The summed E-state index contributed by atoms with van der Waals surface area (Å²) in [6.45, 7) is 6.10. The van der Waals surface area contributed by atoms with Gasteiger partial charge in [0.15, 0.2) is 0 Å². The molecule has 20 heavy (non-hydrogen) atoms. The Bertz CT molecular complexity index is 481. The summed E-state index contributed by atoms with van der Waals surface area (Å²) in [7, 11) is 0. The van der Waals surface area contributed by atoms with E-state index in [1.165, 1.54) is 0 Å². The van der Waals surface area contributed by atoms with E-state index in [2.05, 4.69) is 21.0 Å². The molecule has 0 aliphatic carbocycles. The molecular weight excluding hydrogens is 258 g/mol. The summed E-state index contributed by atoms with van der Waals surface area (Å²) in [5.74, 6) is 1.30. The lowest BCUT2D eigenvalue weighted by molar-refractivity contribution is 0.122. The third-order valence-electron chi connectivity index (χ3n) is 3.08. The van der Waals surface area contributed by atoms with Gasteiger partial charge in [-0.1, -0.05) is 0 Å². The number of morpholine rings is 1. The molecule has 2 heterocycles. The molecule has 0 spiro atoms. The molecule has 0 bridgehead atoms. The lowest BCUT2D eigenvalue weighted by atomic mass is 10.4. The van der Waals surface area contributed by atoms with Crippen LogP contribution >= 0.6 is 0 Å². The molecule has 1 fully saturated rings. The van der Waals surface area contributed by atoms with E-state index in [1.807, 2.05) is 16.7 Å². The van der Waals surface area contributed by atoms with Crippen LogP contribution in [-0.2, 0) is 4.74 Å². The number of nitrogens with zero attached hydrogens (tertiary/aromatic N) is 6. The van der Waals surface area contributed by atoms with Crippen LogP contribution in [-0.4, -0.2) is 54.3 Å². The summed E-state index contributed by atoms with van der Waals surface area (Å²) >= 11 is 0. The quantitative estimate of drug-likeness (QED) is 0.803. The average molecular weight is 277 g/mol. The molecule has 0 unspecified atom stereocenters. The van der Waals surface area contributed by atoms with Gasteiger partial charge in [0, 0.05) is 26.2 Å². The summed E-state index contributed by atoms with van der Waals surface area (Å²) in [5, 5.41) is 8.69. The Hall–Kier alpha value is -2.14. The number of hydrogen-bond acceptors (Lipinski definition) is 8. The van der Waals surface area contributed by atoms with Crippen molar-refractivity contribution in [1.82, 2.24) is 15.0 Å². The minimum Gasteiger partial charge on any atom is -0.378 e. The van der Waals surface area contributed by atoms with Gasteiger partial charge in [-0.15, -0.1) is 0 Å². The van der Waals surface area contributed by atoms with Crippen molar-refractivity contribution in [1.29, 1.82) is 5.26 Å². The number of nitriles is 1. The molecule has 8 nitrogen and oxygen atoms in total. The van der Waals surface area contributed by atoms with Crippen molar-refractivity contribution in [2.45, 2.75) is 13.3 Å². The smallest absolute Gasteiger partial charge is 0.232 e. The second-order valence-corrected chi connectivity index (χ2v) is 4.38. The summed E-state index contributed by atoms with van der Waals surface area (Å²) in [6.07, 6.45) is 0.423. The monoisotopic (exact) mass is 277 g/mol. The molecule has 108 valence electrons. The van der Waals surface area contributed by atoms with E-state index in [4.69, 9.17) is 15.7 Å². The highest BCUT2D eigenvalue weighted by atomic mass is 16.5. The van der Waals surface area contributed by atoms with Crippen molar-refractivity contribution < 1.29 is 4.74 Å². The molecule has 1 aliphatic rings. The molecule has 1 aromatic heterocycles. The highest BCUT2D eigenvalue weighted by Gasteiger charge is 2.17. The molecule has 1 saturated heterocycles. The highest BCUT2D eigenvalue weighted by Crippen LogP contribution is 2.16. The van der Waals surface area contributed by atoms with Crippen molar-refractivity contribution in [3.8, 4) is 6.07 Å². The van der Waals surface area contributed by atoms with Crippen LogP contribution in [0, 0.1) is 11.3 Å². The van der Waals surface area contributed by atoms with Crippen LogP contribution in [0.15, 0.2) is 0 Å². The van der Waals surface area contributed by atoms with E-state index in [1.54, 1.807) is 0 Å². The number of rotatable bonds is 5. The zero-order chi connectivity index (χ0) is 14.4. The number of hydrogen-bond donors (Lipinski definition) is 1. The summed E-state index contributed by atoms with van der Waals surface area (Å²) < 4.78 is 5.31. The van der Waals surface area contributed by atoms with Crippen LogP contribution in [0.3, 0.4) is 0 Å². The summed E-state index contributed by atoms with van der Waals surface area (Å²) in [5.41, 5.74) is 5.78. The van der Waals surface area contributed by atoms with Crippen LogP contribution < -0.4 is 15.5 Å². The predicted octanol–water partition coefficient (Wildman–Crippen LogP) is 0.0304. The predicted molar refractivity (Wildman–Crippen MR) is 75.4 cm³/mol. The summed E-state index contributed by atoms with van der Waals surface area (Å²) in [6, 6.07) is 2.12. The SMILES string of the molecule is CCN(CCC#N)c1nc(N)nc(N2CCOCC2)n1. The molecule has 8 heteroatoms. The zero-order valence-corrected chi connectivity index (χ0v) is 11.6. The number of anilines is 3. The second-order valence-electron chi connectivity index (χ2n) is 4.38. The normalized spacial score (nSPS) is 14.9. The zero-order valence-electron chi connectivity index (χ0n) is 11.6. The maximum Gasteiger partial charge on any atom is 0.232 e. The van der Waals surface area contributed by atoms with E-state index >= 15 is 0 Å². The van der Waals surface area contributed by atoms with Crippen molar-refractivity contribution in [3.63, 3.8) is 0 Å². The second kappa shape index (κ2) is 6.86. The van der Waals surface area contributed by atoms with Crippen LogP contribution in [0.5, 0.6) is 0 Å². The standard InChI is InChI=1S/C12H19N7O/c1-2-18(5-3-4-13)11-15-10(14)16-12(17-11)19-6-8-20-9-7-19/h2-3,5-9H2,1H3,(H2,14,15,16,17). The Labute approximate surface area is 118 Å². The molecule has 1 aliphatic heterocycles. The molecule has 1 aromatic rings. The van der Waals surface area contributed by atoms with Gasteiger partial charge in [0.05, 0.1) is 25.7 Å². The largest absolute Gasteiger partial charge is 0.378 e. The maximum atomic E-state index is 8.69. The van der Waals surface area contributed by atoms with Crippen LogP contribution in [0.25, 0.3) is 0 Å². The van der Waals surface area contributed by atoms with E-state index < -0.39 is 0 Å². The third-order valence-corrected chi connectivity index (χ3v) is 3.08. The van der Waals surface area contributed by atoms with Gasteiger partial charge in [0.2, 0.25) is 17.8 Å². The molecule has 0 saturated carbocycles. The van der Waals surface area contributed by atoms with E-state index in [0.717, 1.165) is 13.1 Å². The van der Waals surface area contributed by atoms with Gasteiger partial charge < -0.3 is 20.3 Å². The Morgan fingerprint density at radius 3 is 2.75 bits per heavy atom. The Balaban J connectivity index is 2.20. The van der Waals surface area contributed by atoms with E-state index in [-0.39, 0.29) is 5.95 Å². The molecule has 2 N–H and O–H groups in total. The van der Waals surface area contributed by atoms with E-state index in [0.29, 0.717) is 44.6 Å². The molecule has 0 atom stereocenters. The van der Waals surface area contributed by atoms with Crippen molar-refractivity contribution in [3.05, 3.63) is 0 Å². The maximum absolute atomic E-state index is 8.69. The molecular formula is C12H19N7O. The Morgan fingerprint density at radius 2 is 2.10 bits per heavy atom. The third kappa shape index (κ3) is 3.45. The molecule has 0 amide bonds. The number of nitrogens with two attached hydrogens (primary N) is 1. The lowest BCUT2D eigenvalue weighted by Gasteiger charge is -2.28. The fourth-order valence-corrected chi connectivity index (χ4v) is 2.00. The fraction of sp³-hybridized carbons (Fsp3) is 0.667. The first kappa shape index (κ1) is 14.3. The first-order valence-corrected chi connectivity index (χ1v) is 6.70. The Morgan fingerprint density at radius 1 is 1.35 bits per heavy atom. The van der Waals surface area contributed by atoms with Crippen LogP contribution in [0.1, 0.15) is 13.3 Å². The fourth-order valence-electron chi connectivity index (χ4n) is 2.00. The van der Waals surface area contributed by atoms with Crippen LogP contribution in [0.2, 0.25) is 0 Å². The number of ether oxygens (including phenoxy) is 1. The number of nitrogen functional groups attached to an aromatic ring is 1. The van der Waals surface area contributed by atoms with Gasteiger partial charge in [-0.3, -0.25) is 0 Å². The van der Waals surface area contributed by atoms with Crippen molar-refractivity contribution >= 4 is 17.8 Å². The first-order valence-electron chi connectivity index (χ1n) is 6.70. The molecule has 2 rings (SSSR count). The first-order chi connectivity index (χ1) is 9.74. The van der Waals surface area contributed by atoms with Crippen molar-refractivity contribution in [2.75, 3.05) is 54.9 Å². The van der Waals surface area contributed by atoms with Gasteiger partial charge in [-0.05, 0) is 6.92 Å². The van der Waals surface area contributed by atoms with Gasteiger partial charge in [0.1, 0.15) is 0 Å². The Kier molecular flexibility index (Phi) is 4.90. The van der Waals surface area contributed by atoms with Crippen molar-refractivity contribution in [2.24, 2.45) is 0 Å². The van der Waals surface area contributed by atoms with Gasteiger partial charge >= 0.3 is 0 Å². The van der Waals surface area contributed by atoms with Gasteiger partial charge in [-0.25, -0.2) is 0 Å². The highest BCUT2D eigenvalue weighted by molar-refractivity contribution is 5.43. The molecule has 0 radical (unpaired) electrons. The molecule has 0 aromatic carbocycles. The minimum absolute atomic E-state index is 0.201. The van der Waals surface area contributed by atoms with Gasteiger partial charge in [-0.2, -0.15) is 20.2 Å². The van der Waals surface area contributed by atoms with Gasteiger partial charge in [0.25, 0.3) is 0 Å². The topological polar surface area (TPSA) is 104 Å². The minimum atomic E-state index is 0.201. The average Bonchev–Trinajstić information content (AvgIpc) is 2.48. The lowest BCUT2D eigenvalue weighted by Crippen LogP contribution is -2.38.